The lowest BCUT2D eigenvalue weighted by atomic mass is 10.1. The third-order valence-electron chi connectivity index (χ3n) is 3.70. The fourth-order valence-corrected chi connectivity index (χ4v) is 2.48. The number of nitrogens with zero attached hydrogens (tertiary/aromatic N) is 2. The van der Waals surface area contributed by atoms with Crippen molar-refractivity contribution in [1.82, 2.24) is 4.90 Å². The summed E-state index contributed by atoms with van der Waals surface area (Å²) in [5, 5.41) is 9.38. The smallest absolute Gasteiger partial charge is 0.0604 e. The van der Waals surface area contributed by atoms with E-state index >= 15 is 0 Å². The zero-order valence-corrected chi connectivity index (χ0v) is 10.8. The maximum atomic E-state index is 9.38. The molecule has 0 amide bonds. The summed E-state index contributed by atoms with van der Waals surface area (Å²) in [4.78, 5) is 4.64. The number of piperazine rings is 1. The molecule has 1 N–H and O–H groups in total. The van der Waals surface area contributed by atoms with Crippen LogP contribution < -0.4 is 4.90 Å². The molecular formula is C14H22N2O. The van der Waals surface area contributed by atoms with E-state index in [1.54, 1.807) is 0 Å². The van der Waals surface area contributed by atoms with Gasteiger partial charge in [-0.15, -0.1) is 0 Å². The Morgan fingerprint density at radius 1 is 1.29 bits per heavy atom. The summed E-state index contributed by atoms with van der Waals surface area (Å²) < 4.78 is 0. The van der Waals surface area contributed by atoms with E-state index < -0.39 is 0 Å². The van der Waals surface area contributed by atoms with Crippen molar-refractivity contribution in [2.24, 2.45) is 0 Å². The van der Waals surface area contributed by atoms with Gasteiger partial charge in [-0.1, -0.05) is 25.1 Å². The quantitative estimate of drug-likeness (QED) is 0.855. The molecule has 0 radical (unpaired) electrons. The maximum absolute atomic E-state index is 9.38. The molecule has 0 aromatic heterocycles. The molecule has 0 bridgehead atoms. The maximum Gasteiger partial charge on any atom is 0.0604 e. The highest BCUT2D eigenvalue weighted by molar-refractivity contribution is 5.54. The third-order valence-corrected chi connectivity index (χ3v) is 3.70. The second-order valence-electron chi connectivity index (χ2n) is 4.75. The molecule has 1 aliphatic rings. The lowest BCUT2D eigenvalue weighted by Crippen LogP contribution is -2.53. The summed E-state index contributed by atoms with van der Waals surface area (Å²) in [5.41, 5.74) is 2.73. The van der Waals surface area contributed by atoms with Gasteiger partial charge in [0.1, 0.15) is 0 Å². The molecule has 2 rings (SSSR count). The number of rotatable bonds is 3. The van der Waals surface area contributed by atoms with Crippen molar-refractivity contribution in [1.29, 1.82) is 0 Å². The summed E-state index contributed by atoms with van der Waals surface area (Å²) in [6.45, 7) is 5.41. The second-order valence-corrected chi connectivity index (χ2v) is 4.75. The van der Waals surface area contributed by atoms with Crippen molar-refractivity contribution in [2.75, 3.05) is 38.2 Å². The molecule has 3 heteroatoms. The first kappa shape index (κ1) is 12.4. The van der Waals surface area contributed by atoms with Crippen molar-refractivity contribution in [3.05, 3.63) is 29.8 Å². The number of hydrogen-bond acceptors (Lipinski definition) is 3. The van der Waals surface area contributed by atoms with Crippen LogP contribution in [-0.4, -0.2) is 49.3 Å². The molecule has 1 aromatic rings. The van der Waals surface area contributed by atoms with Crippen LogP contribution in [0, 0.1) is 0 Å². The first-order chi connectivity index (χ1) is 8.26. The Hall–Kier alpha value is -1.06. The van der Waals surface area contributed by atoms with Gasteiger partial charge in [-0.2, -0.15) is 0 Å². The summed E-state index contributed by atoms with van der Waals surface area (Å²) in [7, 11) is 2.09. The van der Waals surface area contributed by atoms with Crippen molar-refractivity contribution < 1.29 is 5.11 Å². The van der Waals surface area contributed by atoms with E-state index in [-0.39, 0.29) is 12.6 Å². The van der Waals surface area contributed by atoms with Crippen molar-refractivity contribution in [2.45, 2.75) is 19.4 Å². The lowest BCUT2D eigenvalue weighted by molar-refractivity contribution is 0.135. The Bertz CT molecular complexity index is 367. The highest BCUT2D eigenvalue weighted by atomic mass is 16.3. The average Bonchev–Trinajstić information content (AvgIpc) is 2.39. The number of aryl methyl sites for hydroxylation is 1. The molecule has 1 aromatic carbocycles. The predicted octanol–water partition coefficient (Wildman–Crippen LogP) is 1.36. The van der Waals surface area contributed by atoms with Crippen molar-refractivity contribution in [3.63, 3.8) is 0 Å². The summed E-state index contributed by atoms with van der Waals surface area (Å²) in [5.74, 6) is 0. The predicted molar refractivity (Wildman–Crippen MR) is 71.5 cm³/mol. The van der Waals surface area contributed by atoms with Crippen LogP contribution >= 0.6 is 0 Å². The van der Waals surface area contributed by atoms with Crippen LogP contribution in [0.15, 0.2) is 24.3 Å². The largest absolute Gasteiger partial charge is 0.395 e. The van der Waals surface area contributed by atoms with Crippen LogP contribution in [0.1, 0.15) is 12.5 Å². The van der Waals surface area contributed by atoms with E-state index in [0.29, 0.717) is 0 Å². The Balaban J connectivity index is 2.17. The van der Waals surface area contributed by atoms with Gasteiger partial charge in [0.2, 0.25) is 0 Å². The molecular weight excluding hydrogens is 212 g/mol. The minimum Gasteiger partial charge on any atom is -0.395 e. The topological polar surface area (TPSA) is 26.7 Å². The third kappa shape index (κ3) is 2.61. The van der Waals surface area contributed by atoms with Gasteiger partial charge in [0.15, 0.2) is 0 Å². The number of anilines is 1. The Labute approximate surface area is 104 Å². The Morgan fingerprint density at radius 3 is 2.76 bits per heavy atom. The van der Waals surface area contributed by atoms with Crippen LogP contribution in [0.25, 0.3) is 0 Å². The standard InChI is InChI=1S/C14H22N2O/c1-3-12-6-4-5-7-14(12)16-9-8-15(2)13(10-16)11-17/h4-7,13,17H,3,8-11H2,1-2H3. The molecule has 17 heavy (non-hydrogen) atoms. The fraction of sp³-hybridized carbons (Fsp3) is 0.571. The lowest BCUT2D eigenvalue weighted by Gasteiger charge is -2.40. The summed E-state index contributed by atoms with van der Waals surface area (Å²) in [6.07, 6.45) is 1.06. The molecule has 3 nitrogen and oxygen atoms in total. The monoisotopic (exact) mass is 234 g/mol. The number of benzene rings is 1. The Kier molecular flexibility index (Phi) is 4.02. The number of aliphatic hydroxyl groups excluding tert-OH is 1. The fourth-order valence-electron chi connectivity index (χ4n) is 2.48. The van der Waals surface area contributed by atoms with Gasteiger partial charge in [0.25, 0.3) is 0 Å². The van der Waals surface area contributed by atoms with Crippen LogP contribution in [0.2, 0.25) is 0 Å². The van der Waals surface area contributed by atoms with E-state index in [1.807, 2.05) is 0 Å². The van der Waals surface area contributed by atoms with E-state index in [4.69, 9.17) is 0 Å². The molecule has 1 heterocycles. The molecule has 0 aliphatic carbocycles. The van der Waals surface area contributed by atoms with Crippen LogP contribution in [0.5, 0.6) is 0 Å². The van der Waals surface area contributed by atoms with Gasteiger partial charge < -0.3 is 10.0 Å². The van der Waals surface area contributed by atoms with Gasteiger partial charge >= 0.3 is 0 Å². The molecule has 0 spiro atoms. The minimum absolute atomic E-state index is 0.237. The number of likely N-dealkylation sites (N-methyl/N-ethyl adjacent to an activating group) is 1. The van der Waals surface area contributed by atoms with Gasteiger partial charge in [-0.05, 0) is 25.1 Å². The summed E-state index contributed by atoms with van der Waals surface area (Å²) in [6, 6.07) is 8.84. The normalized spacial score (nSPS) is 21.8. The zero-order chi connectivity index (χ0) is 12.3. The highest BCUT2D eigenvalue weighted by Crippen LogP contribution is 2.23. The number of para-hydroxylation sites is 1. The molecule has 1 fully saturated rings. The first-order valence-corrected chi connectivity index (χ1v) is 6.40. The van der Waals surface area contributed by atoms with E-state index in [1.165, 1.54) is 11.3 Å². The van der Waals surface area contributed by atoms with Crippen LogP contribution in [0.3, 0.4) is 0 Å². The number of aliphatic hydroxyl groups is 1. The summed E-state index contributed by atoms with van der Waals surface area (Å²) >= 11 is 0. The molecule has 94 valence electrons. The SMILES string of the molecule is CCc1ccccc1N1CCN(C)C(CO)C1. The zero-order valence-electron chi connectivity index (χ0n) is 10.8. The van der Waals surface area contributed by atoms with Crippen molar-refractivity contribution in [3.8, 4) is 0 Å². The van der Waals surface area contributed by atoms with Crippen LogP contribution in [-0.2, 0) is 6.42 Å². The Morgan fingerprint density at radius 2 is 2.06 bits per heavy atom. The number of hydrogen-bond donors (Lipinski definition) is 1. The first-order valence-electron chi connectivity index (χ1n) is 6.40. The van der Waals surface area contributed by atoms with Gasteiger partial charge in [0, 0.05) is 25.3 Å². The molecule has 0 saturated carbocycles. The van der Waals surface area contributed by atoms with Gasteiger partial charge in [-0.3, -0.25) is 4.90 Å². The molecule has 1 saturated heterocycles. The van der Waals surface area contributed by atoms with E-state index in [9.17, 15) is 5.11 Å². The van der Waals surface area contributed by atoms with E-state index in [0.717, 1.165) is 26.1 Å². The molecule has 1 unspecified atom stereocenters. The van der Waals surface area contributed by atoms with Crippen LogP contribution in [0.4, 0.5) is 5.69 Å². The molecule has 1 aliphatic heterocycles. The van der Waals surface area contributed by atoms with E-state index in [2.05, 4.69) is 48.0 Å². The second kappa shape index (κ2) is 5.52. The average molecular weight is 234 g/mol. The minimum atomic E-state index is 0.237. The van der Waals surface area contributed by atoms with Crippen molar-refractivity contribution >= 4 is 5.69 Å². The van der Waals surface area contributed by atoms with Gasteiger partial charge in [-0.25, -0.2) is 0 Å². The van der Waals surface area contributed by atoms with Gasteiger partial charge in [0.05, 0.1) is 12.6 Å². The molecule has 1 atom stereocenters. The highest BCUT2D eigenvalue weighted by Gasteiger charge is 2.24.